The minimum Gasteiger partial charge on any atom is -0.491 e. The van der Waals surface area contributed by atoms with Crippen molar-refractivity contribution in [3.8, 4) is 39.3 Å². The highest BCUT2D eigenvalue weighted by Crippen LogP contribution is 2.32. The predicted octanol–water partition coefficient (Wildman–Crippen LogP) is 5.16. The van der Waals surface area contributed by atoms with Gasteiger partial charge in [-0.25, -0.2) is 23.1 Å². The molecule has 5 aromatic rings. The number of hydrogen-bond donors (Lipinski definition) is 1. The molecule has 5 rings (SSSR count). The molecular weight excluding hydrogens is 460 g/mol. The molecule has 35 heavy (non-hydrogen) atoms. The molecule has 0 fully saturated rings. The SMILES string of the molecule is CC(C)Oc1ccc(-c2cc3c(-c4ccc(-c5ccccc5S(N)(=O)=O)cc4)ncnn3c2)cc1. The summed E-state index contributed by atoms with van der Waals surface area (Å²) in [4.78, 5) is 4.62. The maximum Gasteiger partial charge on any atom is 0.238 e. The van der Waals surface area contributed by atoms with Gasteiger partial charge >= 0.3 is 0 Å². The highest BCUT2D eigenvalue weighted by Gasteiger charge is 2.15. The van der Waals surface area contributed by atoms with E-state index in [2.05, 4.69) is 16.1 Å². The molecule has 2 aromatic heterocycles. The van der Waals surface area contributed by atoms with E-state index in [-0.39, 0.29) is 11.0 Å². The van der Waals surface area contributed by atoms with Crippen LogP contribution in [0.3, 0.4) is 0 Å². The normalized spacial score (nSPS) is 11.8. The van der Waals surface area contributed by atoms with Crippen molar-refractivity contribution in [1.29, 1.82) is 0 Å². The van der Waals surface area contributed by atoms with Crippen LogP contribution in [0.1, 0.15) is 13.8 Å². The van der Waals surface area contributed by atoms with Crippen LogP contribution in [-0.4, -0.2) is 29.1 Å². The first kappa shape index (κ1) is 22.8. The number of benzene rings is 3. The number of aromatic nitrogens is 3. The molecule has 2 N–H and O–H groups in total. The van der Waals surface area contributed by atoms with Crippen molar-refractivity contribution in [2.45, 2.75) is 24.8 Å². The van der Waals surface area contributed by atoms with E-state index in [1.807, 2.05) is 68.6 Å². The van der Waals surface area contributed by atoms with Gasteiger partial charge in [-0.05, 0) is 49.2 Å². The molecule has 0 saturated carbocycles. The average molecular weight is 485 g/mol. The molecule has 8 heteroatoms. The summed E-state index contributed by atoms with van der Waals surface area (Å²) >= 11 is 0. The molecule has 0 radical (unpaired) electrons. The quantitative estimate of drug-likeness (QED) is 0.359. The van der Waals surface area contributed by atoms with Crippen molar-refractivity contribution in [2.75, 3.05) is 0 Å². The molecule has 2 heterocycles. The zero-order chi connectivity index (χ0) is 24.6. The third kappa shape index (κ3) is 4.66. The number of sulfonamides is 1. The fourth-order valence-electron chi connectivity index (χ4n) is 4.07. The van der Waals surface area contributed by atoms with Gasteiger partial charge in [-0.1, -0.05) is 54.6 Å². The minimum atomic E-state index is -3.84. The van der Waals surface area contributed by atoms with Gasteiger partial charge in [0.2, 0.25) is 10.0 Å². The fourth-order valence-corrected chi connectivity index (χ4v) is 4.83. The molecule has 176 valence electrons. The standard InChI is InChI=1S/C27H24N4O3S/c1-18(2)34-23-13-11-19(12-14-23)22-15-25-27(29-17-30-31(25)16-22)21-9-7-20(8-10-21)24-5-3-4-6-26(24)35(28,32)33/h3-18H,1-2H3,(H2,28,32,33). The van der Waals surface area contributed by atoms with Gasteiger partial charge in [0.1, 0.15) is 12.1 Å². The van der Waals surface area contributed by atoms with Crippen molar-refractivity contribution in [3.05, 3.63) is 91.4 Å². The van der Waals surface area contributed by atoms with E-state index in [1.54, 1.807) is 22.7 Å². The van der Waals surface area contributed by atoms with Crippen molar-refractivity contribution in [1.82, 2.24) is 14.6 Å². The molecule has 0 saturated heterocycles. The summed E-state index contributed by atoms with van der Waals surface area (Å²) in [7, 11) is -3.84. The number of ether oxygens (including phenoxy) is 1. The van der Waals surface area contributed by atoms with Crippen LogP contribution in [0, 0.1) is 0 Å². The molecule has 0 spiro atoms. The van der Waals surface area contributed by atoms with E-state index in [1.165, 1.54) is 12.4 Å². The molecular formula is C27H24N4O3S. The van der Waals surface area contributed by atoms with Crippen molar-refractivity contribution in [3.63, 3.8) is 0 Å². The Kier molecular flexibility index (Phi) is 5.84. The zero-order valence-electron chi connectivity index (χ0n) is 19.3. The van der Waals surface area contributed by atoms with Gasteiger partial charge in [0.25, 0.3) is 0 Å². The second-order valence-electron chi connectivity index (χ2n) is 8.48. The van der Waals surface area contributed by atoms with Gasteiger partial charge in [-0.15, -0.1) is 0 Å². The Morgan fingerprint density at radius 3 is 2.20 bits per heavy atom. The summed E-state index contributed by atoms with van der Waals surface area (Å²) in [5, 5.41) is 9.78. The van der Waals surface area contributed by atoms with E-state index in [9.17, 15) is 8.42 Å². The molecule has 0 atom stereocenters. The van der Waals surface area contributed by atoms with Crippen LogP contribution in [0.5, 0.6) is 5.75 Å². The topological polar surface area (TPSA) is 99.6 Å². The van der Waals surface area contributed by atoms with Crippen LogP contribution >= 0.6 is 0 Å². The second-order valence-corrected chi connectivity index (χ2v) is 10.0. The monoisotopic (exact) mass is 484 g/mol. The predicted molar refractivity (Wildman–Crippen MR) is 136 cm³/mol. The third-order valence-corrected chi connectivity index (χ3v) is 6.60. The van der Waals surface area contributed by atoms with Crippen LogP contribution < -0.4 is 9.88 Å². The van der Waals surface area contributed by atoms with Crippen molar-refractivity contribution in [2.24, 2.45) is 5.14 Å². The summed E-state index contributed by atoms with van der Waals surface area (Å²) in [5.74, 6) is 0.831. The minimum absolute atomic E-state index is 0.0956. The maximum atomic E-state index is 12.0. The zero-order valence-corrected chi connectivity index (χ0v) is 20.1. The van der Waals surface area contributed by atoms with Crippen LogP contribution in [0.15, 0.2) is 96.3 Å². The van der Waals surface area contributed by atoms with E-state index in [0.717, 1.165) is 39.2 Å². The Hall–Kier alpha value is -4.01. The summed E-state index contributed by atoms with van der Waals surface area (Å²) in [6.07, 6.45) is 3.61. The lowest BCUT2D eigenvalue weighted by Crippen LogP contribution is -2.13. The maximum absolute atomic E-state index is 12.0. The van der Waals surface area contributed by atoms with Gasteiger partial charge < -0.3 is 4.74 Å². The van der Waals surface area contributed by atoms with Gasteiger partial charge in [-0.3, -0.25) is 0 Å². The second kappa shape index (κ2) is 8.98. The summed E-state index contributed by atoms with van der Waals surface area (Å²) in [6, 6.07) is 24.3. The van der Waals surface area contributed by atoms with Gasteiger partial charge in [-0.2, -0.15) is 5.10 Å². The van der Waals surface area contributed by atoms with Gasteiger partial charge in [0, 0.05) is 22.9 Å². The molecule has 0 aliphatic carbocycles. The Morgan fingerprint density at radius 2 is 1.51 bits per heavy atom. The number of nitrogens with zero attached hydrogens (tertiary/aromatic N) is 3. The van der Waals surface area contributed by atoms with E-state index in [4.69, 9.17) is 9.88 Å². The molecule has 0 bridgehead atoms. The van der Waals surface area contributed by atoms with Gasteiger partial charge in [0.15, 0.2) is 0 Å². The Morgan fingerprint density at radius 1 is 0.857 bits per heavy atom. The van der Waals surface area contributed by atoms with E-state index in [0.29, 0.717) is 5.56 Å². The molecule has 3 aromatic carbocycles. The molecule has 0 unspecified atom stereocenters. The van der Waals surface area contributed by atoms with Crippen LogP contribution in [0.25, 0.3) is 39.0 Å². The van der Waals surface area contributed by atoms with Crippen molar-refractivity contribution < 1.29 is 13.2 Å². The highest BCUT2D eigenvalue weighted by atomic mass is 32.2. The largest absolute Gasteiger partial charge is 0.491 e. The Bertz CT molecular complexity index is 1610. The third-order valence-electron chi connectivity index (χ3n) is 5.63. The number of fused-ring (bicyclic) bond motifs is 1. The van der Waals surface area contributed by atoms with Crippen LogP contribution in [0.4, 0.5) is 0 Å². The lowest BCUT2D eigenvalue weighted by atomic mass is 10.0. The Balaban J connectivity index is 1.50. The van der Waals surface area contributed by atoms with E-state index < -0.39 is 10.0 Å². The Labute approximate surface area is 203 Å². The summed E-state index contributed by atoms with van der Waals surface area (Å²) in [6.45, 7) is 4.00. The lowest BCUT2D eigenvalue weighted by Gasteiger charge is -2.09. The number of hydrogen-bond acceptors (Lipinski definition) is 5. The summed E-state index contributed by atoms with van der Waals surface area (Å²) in [5.41, 5.74) is 5.90. The molecule has 7 nitrogen and oxygen atoms in total. The first-order valence-electron chi connectivity index (χ1n) is 11.1. The van der Waals surface area contributed by atoms with Gasteiger partial charge in [0.05, 0.1) is 22.2 Å². The first-order chi connectivity index (χ1) is 16.8. The highest BCUT2D eigenvalue weighted by molar-refractivity contribution is 7.89. The average Bonchev–Trinajstić information content (AvgIpc) is 3.28. The van der Waals surface area contributed by atoms with Crippen LogP contribution in [-0.2, 0) is 10.0 Å². The van der Waals surface area contributed by atoms with E-state index >= 15 is 0 Å². The summed E-state index contributed by atoms with van der Waals surface area (Å²) < 4.78 is 31.5. The smallest absolute Gasteiger partial charge is 0.238 e. The molecule has 0 amide bonds. The molecule has 0 aliphatic heterocycles. The number of primary sulfonamides is 1. The van der Waals surface area contributed by atoms with Crippen LogP contribution in [0.2, 0.25) is 0 Å². The first-order valence-corrected chi connectivity index (χ1v) is 12.7. The molecule has 0 aliphatic rings. The number of nitrogens with two attached hydrogens (primary N) is 1. The lowest BCUT2D eigenvalue weighted by molar-refractivity contribution is 0.242. The number of rotatable bonds is 6. The van der Waals surface area contributed by atoms with Crippen molar-refractivity contribution >= 4 is 15.5 Å². The fraction of sp³-hybridized carbons (Fsp3) is 0.111.